The molecule has 1 aromatic carbocycles. The number of aryl methyl sites for hydroxylation is 1. The van der Waals surface area contributed by atoms with Gasteiger partial charge in [0.25, 0.3) is 10.0 Å². The summed E-state index contributed by atoms with van der Waals surface area (Å²) in [6, 6.07) is 5.56. The van der Waals surface area contributed by atoms with Crippen molar-refractivity contribution in [3.8, 4) is 0 Å². The number of aromatic nitrogens is 1. The fraction of sp³-hybridized carbons (Fsp3) is 0.250. The van der Waals surface area contributed by atoms with Crippen LogP contribution in [0.5, 0.6) is 0 Å². The lowest BCUT2D eigenvalue weighted by molar-refractivity contribution is 0.0519. The molecule has 0 saturated carbocycles. The predicted octanol–water partition coefficient (Wildman–Crippen LogP) is 2.09. The number of ether oxygens (including phenoxy) is 2. The van der Waals surface area contributed by atoms with Gasteiger partial charge in [-0.25, -0.2) is 18.0 Å². The van der Waals surface area contributed by atoms with Gasteiger partial charge in [0, 0.05) is 6.20 Å². The van der Waals surface area contributed by atoms with E-state index in [0.29, 0.717) is 5.56 Å². The third-order valence-electron chi connectivity index (χ3n) is 3.33. The van der Waals surface area contributed by atoms with Crippen molar-refractivity contribution in [3.05, 3.63) is 47.3 Å². The van der Waals surface area contributed by atoms with E-state index in [1.54, 1.807) is 13.8 Å². The number of benzene rings is 1. The molecule has 8 nitrogen and oxygen atoms in total. The van der Waals surface area contributed by atoms with Crippen molar-refractivity contribution in [2.75, 3.05) is 18.4 Å². The van der Waals surface area contributed by atoms with E-state index in [-0.39, 0.29) is 28.4 Å². The van der Waals surface area contributed by atoms with E-state index in [4.69, 9.17) is 4.74 Å². The summed E-state index contributed by atoms with van der Waals surface area (Å²) in [5, 5.41) is 0. The van der Waals surface area contributed by atoms with Gasteiger partial charge in [0.1, 0.15) is 5.69 Å². The van der Waals surface area contributed by atoms with Gasteiger partial charge in [-0.3, -0.25) is 4.72 Å². The molecule has 1 aromatic heterocycles. The lowest BCUT2D eigenvalue weighted by Gasteiger charge is -2.10. The number of aromatic amines is 1. The summed E-state index contributed by atoms with van der Waals surface area (Å²) in [6.07, 6.45) is 1.34. The molecule has 0 spiro atoms. The minimum atomic E-state index is -3.96. The van der Waals surface area contributed by atoms with Gasteiger partial charge in [-0.1, -0.05) is 6.07 Å². The monoisotopic (exact) mass is 366 g/mol. The number of sulfonamides is 1. The normalized spacial score (nSPS) is 11.0. The first-order valence-electron chi connectivity index (χ1n) is 7.35. The largest absolute Gasteiger partial charge is 0.465 e. The molecule has 0 fully saturated rings. The second-order valence-electron chi connectivity index (χ2n) is 5.10. The minimum Gasteiger partial charge on any atom is -0.465 e. The van der Waals surface area contributed by atoms with Gasteiger partial charge >= 0.3 is 11.9 Å². The standard InChI is InChI=1S/C16H18N2O6S/c1-4-24-16(20)13-8-12(9-17-13)18-25(21,22)14-7-11(15(19)23-3)6-5-10(14)2/h5-9,17-18H,4H2,1-3H3. The lowest BCUT2D eigenvalue weighted by atomic mass is 10.1. The van der Waals surface area contributed by atoms with Gasteiger partial charge in [0.2, 0.25) is 0 Å². The molecule has 0 aliphatic carbocycles. The van der Waals surface area contributed by atoms with Crippen molar-refractivity contribution in [1.29, 1.82) is 0 Å². The molecule has 134 valence electrons. The summed E-state index contributed by atoms with van der Waals surface area (Å²) in [4.78, 5) is 25.8. The molecule has 1 heterocycles. The van der Waals surface area contributed by atoms with Crippen LogP contribution in [0.15, 0.2) is 35.4 Å². The van der Waals surface area contributed by atoms with Crippen LogP contribution in [0.25, 0.3) is 0 Å². The van der Waals surface area contributed by atoms with Crippen molar-refractivity contribution in [2.45, 2.75) is 18.7 Å². The molecule has 0 aliphatic rings. The van der Waals surface area contributed by atoms with Crippen LogP contribution in [-0.2, 0) is 19.5 Å². The highest BCUT2D eigenvalue weighted by molar-refractivity contribution is 7.92. The van der Waals surface area contributed by atoms with E-state index in [0.717, 1.165) is 0 Å². The van der Waals surface area contributed by atoms with E-state index >= 15 is 0 Å². The van der Waals surface area contributed by atoms with Gasteiger partial charge < -0.3 is 14.5 Å². The molecule has 0 radical (unpaired) electrons. The molecule has 2 N–H and O–H groups in total. The van der Waals surface area contributed by atoms with Gasteiger partial charge in [-0.2, -0.15) is 0 Å². The Kier molecular flexibility index (Phi) is 5.48. The van der Waals surface area contributed by atoms with Crippen LogP contribution in [0, 0.1) is 6.92 Å². The molecular formula is C16H18N2O6S. The molecule has 0 unspecified atom stereocenters. The quantitative estimate of drug-likeness (QED) is 0.757. The summed E-state index contributed by atoms with van der Waals surface area (Å²) < 4.78 is 37.0. The Morgan fingerprint density at radius 1 is 1.20 bits per heavy atom. The van der Waals surface area contributed by atoms with Crippen LogP contribution < -0.4 is 4.72 Å². The third kappa shape index (κ3) is 4.18. The van der Waals surface area contributed by atoms with Crippen LogP contribution in [0.1, 0.15) is 33.3 Å². The van der Waals surface area contributed by atoms with E-state index in [1.165, 1.54) is 37.6 Å². The SMILES string of the molecule is CCOC(=O)c1cc(NS(=O)(=O)c2cc(C(=O)OC)ccc2C)c[nH]1. The fourth-order valence-electron chi connectivity index (χ4n) is 2.12. The van der Waals surface area contributed by atoms with E-state index in [9.17, 15) is 18.0 Å². The smallest absolute Gasteiger partial charge is 0.354 e. The maximum absolute atomic E-state index is 12.6. The Morgan fingerprint density at radius 3 is 2.56 bits per heavy atom. The molecular weight excluding hydrogens is 348 g/mol. The first-order chi connectivity index (χ1) is 11.8. The number of hydrogen-bond donors (Lipinski definition) is 2. The molecule has 2 rings (SSSR count). The van der Waals surface area contributed by atoms with Crippen LogP contribution in [-0.4, -0.2) is 39.1 Å². The maximum Gasteiger partial charge on any atom is 0.354 e. The zero-order valence-corrected chi connectivity index (χ0v) is 14.8. The molecule has 0 aliphatic heterocycles. The van der Waals surface area contributed by atoms with Gasteiger partial charge in [-0.05, 0) is 37.6 Å². The highest BCUT2D eigenvalue weighted by atomic mass is 32.2. The molecule has 0 saturated heterocycles. The van der Waals surface area contributed by atoms with Crippen molar-refractivity contribution in [2.24, 2.45) is 0 Å². The highest BCUT2D eigenvalue weighted by Crippen LogP contribution is 2.22. The summed E-state index contributed by atoms with van der Waals surface area (Å²) in [6.45, 7) is 3.48. The van der Waals surface area contributed by atoms with Crippen LogP contribution >= 0.6 is 0 Å². The molecule has 25 heavy (non-hydrogen) atoms. The third-order valence-corrected chi connectivity index (χ3v) is 4.85. The number of esters is 2. The average Bonchev–Trinajstić information content (AvgIpc) is 3.02. The Balaban J connectivity index is 2.31. The maximum atomic E-state index is 12.6. The Morgan fingerprint density at radius 2 is 1.92 bits per heavy atom. The average molecular weight is 366 g/mol. The van der Waals surface area contributed by atoms with Crippen molar-refractivity contribution >= 4 is 27.6 Å². The number of rotatable bonds is 6. The van der Waals surface area contributed by atoms with E-state index in [1.807, 2.05) is 0 Å². The second-order valence-corrected chi connectivity index (χ2v) is 6.75. The van der Waals surface area contributed by atoms with Gasteiger partial charge in [0.05, 0.1) is 29.9 Å². The number of hydrogen-bond acceptors (Lipinski definition) is 6. The molecule has 0 bridgehead atoms. The van der Waals surface area contributed by atoms with Crippen molar-refractivity contribution < 1.29 is 27.5 Å². The van der Waals surface area contributed by atoms with E-state index in [2.05, 4.69) is 14.4 Å². The van der Waals surface area contributed by atoms with Crippen molar-refractivity contribution in [3.63, 3.8) is 0 Å². The number of carbonyl (C=O) groups is 2. The van der Waals surface area contributed by atoms with E-state index < -0.39 is 22.0 Å². The predicted molar refractivity (Wildman–Crippen MR) is 90.1 cm³/mol. The van der Waals surface area contributed by atoms with Crippen LogP contribution in [0.2, 0.25) is 0 Å². The number of nitrogens with one attached hydrogen (secondary N) is 2. The zero-order valence-electron chi connectivity index (χ0n) is 14.0. The second kappa shape index (κ2) is 7.39. The fourth-order valence-corrected chi connectivity index (χ4v) is 3.44. The summed E-state index contributed by atoms with van der Waals surface area (Å²) in [5.41, 5.74) is 0.876. The Bertz CT molecular complexity index is 901. The highest BCUT2D eigenvalue weighted by Gasteiger charge is 2.21. The molecule has 0 amide bonds. The minimum absolute atomic E-state index is 0.0608. The zero-order chi connectivity index (χ0) is 18.6. The number of anilines is 1. The first kappa shape index (κ1) is 18.5. The van der Waals surface area contributed by atoms with Gasteiger partial charge in [-0.15, -0.1) is 0 Å². The number of methoxy groups -OCH3 is 1. The summed E-state index contributed by atoms with van der Waals surface area (Å²) in [5.74, 6) is -1.22. The Hall–Kier alpha value is -2.81. The number of H-pyrrole nitrogens is 1. The summed E-state index contributed by atoms with van der Waals surface area (Å²) in [7, 11) is -2.75. The van der Waals surface area contributed by atoms with Crippen molar-refractivity contribution in [1.82, 2.24) is 4.98 Å². The first-order valence-corrected chi connectivity index (χ1v) is 8.84. The van der Waals surface area contributed by atoms with Crippen LogP contribution in [0.3, 0.4) is 0 Å². The topological polar surface area (TPSA) is 115 Å². The van der Waals surface area contributed by atoms with Crippen LogP contribution in [0.4, 0.5) is 5.69 Å². The van der Waals surface area contributed by atoms with Gasteiger partial charge in [0.15, 0.2) is 0 Å². The molecule has 2 aromatic rings. The molecule has 9 heteroatoms. The number of carbonyl (C=O) groups excluding carboxylic acids is 2. The Labute approximate surface area is 145 Å². The summed E-state index contributed by atoms with van der Waals surface area (Å²) >= 11 is 0. The molecule has 0 atom stereocenters. The lowest BCUT2D eigenvalue weighted by Crippen LogP contribution is -2.15.